The monoisotopic (exact) mass is 411 g/mol. The van der Waals surface area contributed by atoms with Crippen LogP contribution in [0.5, 0.6) is 0 Å². The molecule has 0 spiro atoms. The first kappa shape index (κ1) is 20.2. The number of anilines is 1. The van der Waals surface area contributed by atoms with Gasteiger partial charge in [0.15, 0.2) is 0 Å². The molecule has 0 aliphatic carbocycles. The molecule has 8 heteroatoms. The van der Waals surface area contributed by atoms with Crippen LogP contribution in [0.1, 0.15) is 24.8 Å². The van der Waals surface area contributed by atoms with Crippen LogP contribution in [0, 0.1) is 0 Å². The van der Waals surface area contributed by atoms with E-state index >= 15 is 0 Å². The predicted octanol–water partition coefficient (Wildman–Crippen LogP) is 4.91. The van der Waals surface area contributed by atoms with Gasteiger partial charge in [-0.15, -0.1) is 0 Å². The van der Waals surface area contributed by atoms with E-state index in [2.05, 4.69) is 15.8 Å². The normalized spacial score (nSPS) is 10.7. The van der Waals surface area contributed by atoms with Gasteiger partial charge in [0.05, 0.1) is 11.2 Å². The Morgan fingerprint density at radius 2 is 1.58 bits per heavy atom. The molecule has 0 saturated carbocycles. The van der Waals surface area contributed by atoms with Crippen LogP contribution in [0.15, 0.2) is 47.6 Å². The maximum atomic E-state index is 11.8. The summed E-state index contributed by atoms with van der Waals surface area (Å²) in [6.07, 6.45) is 2.24. The average Bonchev–Trinajstić information content (AvgIpc) is 2.59. The maximum Gasteiger partial charge on any atom is 0.240 e. The first-order valence-electron chi connectivity index (χ1n) is 7.76. The van der Waals surface area contributed by atoms with Crippen LogP contribution >= 0.6 is 34.8 Å². The Morgan fingerprint density at radius 1 is 0.923 bits per heavy atom. The minimum Gasteiger partial charge on any atom is -0.326 e. The number of carbonyl (C=O) groups is 2. The highest BCUT2D eigenvalue weighted by Gasteiger charge is 2.05. The summed E-state index contributed by atoms with van der Waals surface area (Å²) in [5, 5.41) is 8.13. The van der Waals surface area contributed by atoms with E-state index in [0.29, 0.717) is 32.7 Å². The molecule has 0 unspecified atom stereocenters. The summed E-state index contributed by atoms with van der Waals surface area (Å²) in [5.41, 5.74) is 3.69. The van der Waals surface area contributed by atoms with Crippen molar-refractivity contribution in [3.63, 3.8) is 0 Å². The van der Waals surface area contributed by atoms with Crippen LogP contribution in [0.2, 0.25) is 15.1 Å². The first-order valence-corrected chi connectivity index (χ1v) is 8.90. The molecule has 0 bridgehead atoms. The number of carbonyl (C=O) groups excluding carboxylic acids is 2. The topological polar surface area (TPSA) is 70.6 Å². The third-order valence-electron chi connectivity index (χ3n) is 3.29. The highest BCUT2D eigenvalue weighted by atomic mass is 35.5. The largest absolute Gasteiger partial charge is 0.326 e. The number of hydrogen-bond donors (Lipinski definition) is 2. The minimum atomic E-state index is -0.286. The number of rotatable bonds is 7. The van der Waals surface area contributed by atoms with Gasteiger partial charge >= 0.3 is 0 Å². The number of nitrogens with zero attached hydrogens (tertiary/aromatic N) is 1. The fourth-order valence-corrected chi connectivity index (χ4v) is 2.59. The fourth-order valence-electron chi connectivity index (χ4n) is 2.00. The van der Waals surface area contributed by atoms with E-state index in [4.69, 9.17) is 34.8 Å². The molecular weight excluding hydrogens is 397 g/mol. The Hall–Kier alpha value is -2.08. The van der Waals surface area contributed by atoms with Gasteiger partial charge in [-0.1, -0.05) is 40.9 Å². The zero-order valence-electron chi connectivity index (χ0n) is 13.6. The van der Waals surface area contributed by atoms with Gasteiger partial charge < -0.3 is 5.32 Å². The highest BCUT2D eigenvalue weighted by Crippen LogP contribution is 2.19. The molecule has 0 heterocycles. The van der Waals surface area contributed by atoms with Crippen molar-refractivity contribution >= 4 is 58.5 Å². The van der Waals surface area contributed by atoms with E-state index in [1.807, 2.05) is 0 Å². The quantitative estimate of drug-likeness (QED) is 0.501. The molecule has 0 aliphatic rings. The van der Waals surface area contributed by atoms with Gasteiger partial charge in [0.25, 0.3) is 0 Å². The second-order valence-electron chi connectivity index (χ2n) is 5.37. The van der Waals surface area contributed by atoms with Gasteiger partial charge in [0.1, 0.15) is 0 Å². The molecule has 2 rings (SSSR count). The van der Waals surface area contributed by atoms with Crippen molar-refractivity contribution in [3.8, 4) is 0 Å². The van der Waals surface area contributed by atoms with Gasteiger partial charge in [-0.3, -0.25) is 9.59 Å². The molecule has 5 nitrogen and oxygen atoms in total. The number of amides is 2. The van der Waals surface area contributed by atoms with Crippen LogP contribution in [-0.4, -0.2) is 18.0 Å². The zero-order chi connectivity index (χ0) is 18.9. The van der Waals surface area contributed by atoms with Gasteiger partial charge in [0.2, 0.25) is 11.8 Å². The van der Waals surface area contributed by atoms with E-state index in [9.17, 15) is 9.59 Å². The van der Waals surface area contributed by atoms with Gasteiger partial charge in [-0.25, -0.2) is 5.43 Å². The van der Waals surface area contributed by atoms with E-state index in [1.165, 1.54) is 6.21 Å². The summed E-state index contributed by atoms with van der Waals surface area (Å²) in [4.78, 5) is 23.5. The fraction of sp³-hybridized carbons (Fsp3) is 0.167. The van der Waals surface area contributed by atoms with Crippen LogP contribution in [-0.2, 0) is 9.59 Å². The van der Waals surface area contributed by atoms with Crippen molar-refractivity contribution in [3.05, 3.63) is 63.1 Å². The average molecular weight is 413 g/mol. The number of nitrogens with one attached hydrogen (secondary N) is 2. The molecule has 0 aromatic heterocycles. The molecule has 0 atom stereocenters. The Morgan fingerprint density at radius 3 is 2.27 bits per heavy atom. The molecule has 2 N–H and O–H groups in total. The summed E-state index contributed by atoms with van der Waals surface area (Å²) < 4.78 is 0. The Kier molecular flexibility index (Phi) is 7.91. The summed E-state index contributed by atoms with van der Waals surface area (Å²) in [7, 11) is 0. The van der Waals surface area contributed by atoms with Crippen molar-refractivity contribution in [1.29, 1.82) is 0 Å². The van der Waals surface area contributed by atoms with E-state index < -0.39 is 0 Å². The Labute approximate surface area is 166 Å². The molecule has 0 fully saturated rings. The Bertz CT molecular complexity index is 808. The minimum absolute atomic E-state index is 0.170. The van der Waals surface area contributed by atoms with E-state index in [0.717, 1.165) is 0 Å². The summed E-state index contributed by atoms with van der Waals surface area (Å²) in [5.74, 6) is -0.456. The standard InChI is InChI=1S/C18H16Cl3N3O2/c19-13-6-8-15(9-7-13)23-17(25)2-1-3-18(26)24-22-11-12-4-5-14(20)10-16(12)21/h4-11H,1-3H2,(H,23,25)(H,24,26)/b22-11-. The van der Waals surface area contributed by atoms with Crippen molar-refractivity contribution in [2.24, 2.45) is 5.10 Å². The third-order valence-corrected chi connectivity index (χ3v) is 4.11. The molecular formula is C18H16Cl3N3O2. The molecule has 2 aromatic carbocycles. The first-order chi connectivity index (χ1) is 12.4. The molecule has 0 radical (unpaired) electrons. The summed E-state index contributed by atoms with van der Waals surface area (Å²) >= 11 is 17.6. The van der Waals surface area contributed by atoms with Gasteiger partial charge in [-0.05, 0) is 42.8 Å². The van der Waals surface area contributed by atoms with Gasteiger partial charge in [-0.2, -0.15) is 5.10 Å². The third kappa shape index (κ3) is 7.04. The predicted molar refractivity (Wildman–Crippen MR) is 106 cm³/mol. The number of halogens is 3. The lowest BCUT2D eigenvalue weighted by Gasteiger charge is -2.05. The second-order valence-corrected chi connectivity index (χ2v) is 6.65. The van der Waals surface area contributed by atoms with Crippen molar-refractivity contribution in [2.75, 3.05) is 5.32 Å². The highest BCUT2D eigenvalue weighted by molar-refractivity contribution is 6.36. The smallest absolute Gasteiger partial charge is 0.240 e. The van der Waals surface area contributed by atoms with Crippen molar-refractivity contribution < 1.29 is 9.59 Å². The molecule has 0 aliphatic heterocycles. The zero-order valence-corrected chi connectivity index (χ0v) is 15.9. The van der Waals surface area contributed by atoms with E-state index in [1.54, 1.807) is 42.5 Å². The van der Waals surface area contributed by atoms with E-state index in [-0.39, 0.29) is 24.7 Å². The lowest BCUT2D eigenvalue weighted by molar-refractivity contribution is -0.121. The number of hydrogen-bond acceptors (Lipinski definition) is 3. The lowest BCUT2D eigenvalue weighted by Crippen LogP contribution is -2.18. The van der Waals surface area contributed by atoms with Crippen LogP contribution in [0.25, 0.3) is 0 Å². The summed E-state index contributed by atoms with van der Waals surface area (Å²) in [6, 6.07) is 11.8. The summed E-state index contributed by atoms with van der Waals surface area (Å²) in [6.45, 7) is 0. The number of hydrazone groups is 1. The molecule has 26 heavy (non-hydrogen) atoms. The molecule has 2 aromatic rings. The maximum absolute atomic E-state index is 11.8. The molecule has 136 valence electrons. The van der Waals surface area contributed by atoms with Crippen molar-refractivity contribution in [2.45, 2.75) is 19.3 Å². The van der Waals surface area contributed by atoms with Crippen LogP contribution in [0.3, 0.4) is 0 Å². The Balaban J connectivity index is 1.69. The number of benzene rings is 2. The lowest BCUT2D eigenvalue weighted by atomic mass is 10.2. The second kappa shape index (κ2) is 10.2. The van der Waals surface area contributed by atoms with Crippen LogP contribution in [0.4, 0.5) is 5.69 Å². The van der Waals surface area contributed by atoms with Crippen LogP contribution < -0.4 is 10.7 Å². The van der Waals surface area contributed by atoms with Crippen molar-refractivity contribution in [1.82, 2.24) is 5.43 Å². The van der Waals surface area contributed by atoms with Gasteiger partial charge in [0, 0.05) is 34.1 Å². The SMILES string of the molecule is O=C(CCCC(=O)Nc1ccc(Cl)cc1)N/N=C\c1ccc(Cl)cc1Cl. The molecule has 2 amide bonds. The molecule has 0 saturated heterocycles.